The van der Waals surface area contributed by atoms with E-state index >= 15 is 0 Å². The van der Waals surface area contributed by atoms with Crippen LogP contribution in [0.3, 0.4) is 0 Å². The lowest BCUT2D eigenvalue weighted by atomic mass is 9.98. The molecule has 186 valence electrons. The van der Waals surface area contributed by atoms with Crippen LogP contribution in [0.15, 0.2) is 18.2 Å². The van der Waals surface area contributed by atoms with Gasteiger partial charge in [0.15, 0.2) is 24.0 Å². The van der Waals surface area contributed by atoms with Gasteiger partial charge in [-0.15, -0.1) is 0 Å². The number of nitro benzene ring substituents is 1. The second-order valence-corrected chi connectivity index (χ2v) is 9.00. The van der Waals surface area contributed by atoms with E-state index < -0.39 is 65.6 Å². The summed E-state index contributed by atoms with van der Waals surface area (Å²) < 4.78 is 34.3. The number of ether oxygens (including phenoxy) is 6. The third-order valence-electron chi connectivity index (χ3n) is 5.51. The molecule has 3 fully saturated rings. The average Bonchev–Trinajstić information content (AvgIpc) is 3.25. The molecule has 0 aromatic heterocycles. The van der Waals surface area contributed by atoms with Crippen LogP contribution in [-0.2, 0) is 33.3 Å². The highest BCUT2D eigenvalue weighted by atomic mass is 16.9. The minimum Gasteiger partial charge on any atom is -0.496 e. The molecule has 13 nitrogen and oxygen atoms in total. The van der Waals surface area contributed by atoms with Crippen molar-refractivity contribution in [2.45, 2.75) is 70.0 Å². The lowest BCUT2D eigenvalue weighted by Gasteiger charge is -2.36. The summed E-state index contributed by atoms with van der Waals surface area (Å²) in [4.78, 5) is 36.0. The van der Waals surface area contributed by atoms with Crippen molar-refractivity contribution in [3.63, 3.8) is 0 Å². The molecule has 34 heavy (non-hydrogen) atoms. The van der Waals surface area contributed by atoms with Crippen LogP contribution >= 0.6 is 0 Å². The molecule has 13 heteroatoms. The van der Waals surface area contributed by atoms with Crippen LogP contribution in [-0.4, -0.2) is 72.7 Å². The first kappa shape index (κ1) is 24.3. The molecule has 2 N–H and O–H groups in total. The van der Waals surface area contributed by atoms with Gasteiger partial charge in [0.1, 0.15) is 29.7 Å². The Labute approximate surface area is 195 Å². The van der Waals surface area contributed by atoms with Crippen LogP contribution in [0.25, 0.3) is 0 Å². The summed E-state index contributed by atoms with van der Waals surface area (Å²) in [5, 5.41) is 16.2. The first-order valence-corrected chi connectivity index (χ1v) is 10.7. The number of nitro groups is 1. The van der Waals surface area contributed by atoms with E-state index in [0.717, 1.165) is 0 Å². The van der Waals surface area contributed by atoms with E-state index in [1.165, 1.54) is 25.3 Å². The first-order chi connectivity index (χ1) is 15.9. The normalized spacial score (nSPS) is 30.7. The topological polar surface area (TPSA) is 157 Å². The predicted octanol–water partition coefficient (Wildman–Crippen LogP) is 1.05. The molecule has 0 saturated carbocycles. The summed E-state index contributed by atoms with van der Waals surface area (Å²) in [6, 6.07) is 4.00. The standard InChI is InChI=1S/C21H27N3O10/c1-20(2)31-14-15(32-20)17-19(34-21(3,4)33-17)30-16(14)18(26)22-9-13(25)23-11-7-6-10(29-5)8-12(11)24(27)28/h6-8,14-17,19H,9H2,1-5H3,(H,22,26)(H,23,25)/t14-,15+,16+,17+,19-/m0/s1. The lowest BCUT2D eigenvalue weighted by Crippen LogP contribution is -2.59. The number of nitrogens with zero attached hydrogens (tertiary/aromatic N) is 1. The molecule has 4 rings (SSSR count). The van der Waals surface area contributed by atoms with Gasteiger partial charge in [-0.2, -0.15) is 0 Å². The summed E-state index contributed by atoms with van der Waals surface area (Å²) in [5.74, 6) is -2.94. The van der Waals surface area contributed by atoms with Crippen molar-refractivity contribution in [1.29, 1.82) is 0 Å². The van der Waals surface area contributed by atoms with Crippen molar-refractivity contribution in [2.24, 2.45) is 0 Å². The van der Waals surface area contributed by atoms with Crippen LogP contribution in [0.1, 0.15) is 27.7 Å². The zero-order valence-corrected chi connectivity index (χ0v) is 19.4. The van der Waals surface area contributed by atoms with Crippen LogP contribution in [0.4, 0.5) is 11.4 Å². The zero-order chi connectivity index (χ0) is 24.8. The number of carbonyl (C=O) groups is 2. The fraction of sp³-hybridized carbons (Fsp3) is 0.619. The van der Waals surface area contributed by atoms with Gasteiger partial charge in [-0.25, -0.2) is 0 Å². The van der Waals surface area contributed by atoms with Gasteiger partial charge in [-0.05, 0) is 39.8 Å². The van der Waals surface area contributed by atoms with E-state index in [0.29, 0.717) is 0 Å². The Bertz CT molecular complexity index is 997. The Kier molecular flexibility index (Phi) is 6.25. The Hall–Kier alpha value is -2.84. The van der Waals surface area contributed by atoms with Crippen LogP contribution < -0.4 is 15.4 Å². The van der Waals surface area contributed by atoms with Gasteiger partial charge in [0, 0.05) is 0 Å². The SMILES string of the molecule is COc1ccc(NC(=O)CNC(=O)[C@@H]2O[C@H]3OC(C)(C)O[C@@H]3[C@@H]3OC(C)(C)O[C@@H]32)c([N+](=O)[O-])c1. The van der Waals surface area contributed by atoms with Gasteiger partial charge < -0.3 is 39.1 Å². The van der Waals surface area contributed by atoms with Gasteiger partial charge >= 0.3 is 0 Å². The van der Waals surface area contributed by atoms with E-state index in [2.05, 4.69) is 10.6 Å². The number of anilines is 1. The van der Waals surface area contributed by atoms with Crippen molar-refractivity contribution in [1.82, 2.24) is 5.32 Å². The highest BCUT2D eigenvalue weighted by Crippen LogP contribution is 2.44. The fourth-order valence-electron chi connectivity index (χ4n) is 4.18. The van der Waals surface area contributed by atoms with Crippen LogP contribution in [0, 0.1) is 10.1 Å². The summed E-state index contributed by atoms with van der Waals surface area (Å²) in [6.45, 7) is 6.42. The van der Waals surface area contributed by atoms with E-state index in [-0.39, 0.29) is 17.1 Å². The molecule has 3 heterocycles. The van der Waals surface area contributed by atoms with E-state index in [4.69, 9.17) is 28.4 Å². The third-order valence-corrected chi connectivity index (χ3v) is 5.51. The number of hydrogen-bond donors (Lipinski definition) is 2. The average molecular weight is 481 g/mol. The van der Waals surface area contributed by atoms with Gasteiger partial charge in [0.05, 0.1) is 24.6 Å². The molecule has 0 radical (unpaired) electrons. The number of benzene rings is 1. The molecular weight excluding hydrogens is 454 g/mol. The molecule has 1 aromatic rings. The summed E-state index contributed by atoms with van der Waals surface area (Å²) in [5.41, 5.74) is -0.377. The minimum absolute atomic E-state index is 0.0325. The number of fused-ring (bicyclic) bond motifs is 3. The number of nitrogens with one attached hydrogen (secondary N) is 2. The van der Waals surface area contributed by atoms with Crippen molar-refractivity contribution < 1.29 is 42.9 Å². The number of hydrogen-bond acceptors (Lipinski definition) is 10. The Morgan fingerprint density at radius 3 is 2.38 bits per heavy atom. The van der Waals surface area contributed by atoms with E-state index in [1.807, 2.05) is 0 Å². The molecule has 1 aromatic carbocycles. The highest BCUT2D eigenvalue weighted by Gasteiger charge is 2.62. The third kappa shape index (κ3) is 4.83. The first-order valence-electron chi connectivity index (χ1n) is 10.7. The smallest absolute Gasteiger partial charge is 0.296 e. The Balaban J connectivity index is 1.42. The molecule has 3 aliphatic heterocycles. The molecule has 3 saturated heterocycles. The molecular formula is C21H27N3O10. The number of carbonyl (C=O) groups excluding carboxylic acids is 2. The maximum atomic E-state index is 12.9. The molecule has 3 aliphatic rings. The van der Waals surface area contributed by atoms with E-state index in [1.54, 1.807) is 27.7 Å². The zero-order valence-electron chi connectivity index (χ0n) is 19.4. The number of methoxy groups -OCH3 is 1. The molecule has 5 atom stereocenters. The lowest BCUT2D eigenvalue weighted by molar-refractivity contribution is -0.384. The molecule has 0 bridgehead atoms. The molecule has 0 aliphatic carbocycles. The predicted molar refractivity (Wildman–Crippen MR) is 114 cm³/mol. The second-order valence-electron chi connectivity index (χ2n) is 9.00. The highest BCUT2D eigenvalue weighted by molar-refractivity contribution is 5.97. The second kappa shape index (κ2) is 8.74. The maximum absolute atomic E-state index is 12.9. The summed E-state index contributed by atoms with van der Waals surface area (Å²) in [6.07, 6.45) is -4.00. The van der Waals surface area contributed by atoms with Gasteiger partial charge in [0.25, 0.3) is 11.6 Å². The summed E-state index contributed by atoms with van der Waals surface area (Å²) >= 11 is 0. The van der Waals surface area contributed by atoms with Crippen molar-refractivity contribution in [3.8, 4) is 5.75 Å². The Morgan fingerprint density at radius 2 is 1.71 bits per heavy atom. The van der Waals surface area contributed by atoms with Crippen molar-refractivity contribution in [2.75, 3.05) is 19.0 Å². The number of rotatable bonds is 6. The van der Waals surface area contributed by atoms with Crippen molar-refractivity contribution in [3.05, 3.63) is 28.3 Å². The quantitative estimate of drug-likeness (QED) is 0.445. The van der Waals surface area contributed by atoms with Crippen molar-refractivity contribution >= 4 is 23.2 Å². The molecule has 2 amide bonds. The monoisotopic (exact) mass is 481 g/mol. The maximum Gasteiger partial charge on any atom is 0.296 e. The number of amides is 2. The summed E-state index contributed by atoms with van der Waals surface area (Å²) in [7, 11) is 1.37. The largest absolute Gasteiger partial charge is 0.496 e. The fourth-order valence-corrected chi connectivity index (χ4v) is 4.18. The van der Waals surface area contributed by atoms with Crippen LogP contribution in [0.2, 0.25) is 0 Å². The molecule has 0 unspecified atom stereocenters. The molecule has 0 spiro atoms. The minimum atomic E-state index is -1.13. The Morgan fingerprint density at radius 1 is 1.06 bits per heavy atom. The van der Waals surface area contributed by atoms with Gasteiger partial charge in [-0.1, -0.05) is 0 Å². The van der Waals surface area contributed by atoms with E-state index in [9.17, 15) is 19.7 Å². The van der Waals surface area contributed by atoms with Crippen LogP contribution in [0.5, 0.6) is 5.75 Å². The van der Waals surface area contributed by atoms with Gasteiger partial charge in [0.2, 0.25) is 5.91 Å². The van der Waals surface area contributed by atoms with Gasteiger partial charge in [-0.3, -0.25) is 19.7 Å².